The highest BCUT2D eigenvalue weighted by molar-refractivity contribution is 5.65. The molecule has 0 unspecified atom stereocenters. The van der Waals surface area contributed by atoms with Crippen LogP contribution in [-0.2, 0) is 6.61 Å². The van der Waals surface area contributed by atoms with Gasteiger partial charge in [0.05, 0.1) is 6.61 Å². The first-order valence-corrected chi connectivity index (χ1v) is 6.53. The van der Waals surface area contributed by atoms with Crippen LogP contribution in [0.25, 0.3) is 0 Å². The molecule has 1 saturated heterocycles. The number of aliphatic hydroxyl groups excluding tert-OH is 1. The standard InChI is InChI=1S/C14H20N2O3/c1-11(13-4-2-12(10-17)3-5-13)15-6-8-16(9-7-15)14(18)19/h2-5,11,17H,6-10H2,1H3,(H,18,19)/t11-/m1/s1. The predicted molar refractivity (Wildman–Crippen MR) is 72.0 cm³/mol. The van der Waals surface area contributed by atoms with Gasteiger partial charge in [-0.1, -0.05) is 24.3 Å². The van der Waals surface area contributed by atoms with Crippen LogP contribution in [0.15, 0.2) is 24.3 Å². The molecule has 1 aliphatic rings. The summed E-state index contributed by atoms with van der Waals surface area (Å²) in [6.45, 7) is 4.84. The van der Waals surface area contributed by atoms with Crippen molar-refractivity contribution in [2.24, 2.45) is 0 Å². The summed E-state index contributed by atoms with van der Waals surface area (Å²) in [5, 5.41) is 17.9. The Bertz CT molecular complexity index is 425. The summed E-state index contributed by atoms with van der Waals surface area (Å²) in [6.07, 6.45) is -0.834. The SMILES string of the molecule is C[C@H](c1ccc(CO)cc1)N1CCN(C(=O)O)CC1. The number of carboxylic acid groups (broad SMARTS) is 1. The van der Waals surface area contributed by atoms with Crippen molar-refractivity contribution in [3.8, 4) is 0 Å². The molecule has 2 N–H and O–H groups in total. The number of aliphatic hydroxyl groups is 1. The van der Waals surface area contributed by atoms with Crippen LogP contribution in [0.3, 0.4) is 0 Å². The van der Waals surface area contributed by atoms with Crippen LogP contribution < -0.4 is 0 Å². The fourth-order valence-electron chi connectivity index (χ4n) is 2.41. The molecule has 1 atom stereocenters. The summed E-state index contributed by atoms with van der Waals surface area (Å²) < 4.78 is 0. The van der Waals surface area contributed by atoms with Crippen LogP contribution in [0.4, 0.5) is 4.79 Å². The van der Waals surface area contributed by atoms with E-state index in [-0.39, 0.29) is 12.6 Å². The molecular formula is C14H20N2O3. The van der Waals surface area contributed by atoms with Crippen LogP contribution in [-0.4, -0.2) is 52.3 Å². The number of benzene rings is 1. The van der Waals surface area contributed by atoms with Gasteiger partial charge in [-0.25, -0.2) is 4.79 Å². The Hall–Kier alpha value is -1.59. The first-order chi connectivity index (χ1) is 9.11. The number of nitrogens with zero attached hydrogens (tertiary/aromatic N) is 2. The molecule has 0 radical (unpaired) electrons. The highest BCUT2D eigenvalue weighted by Gasteiger charge is 2.24. The molecule has 0 aromatic heterocycles. The molecule has 5 heteroatoms. The van der Waals surface area contributed by atoms with Crippen molar-refractivity contribution >= 4 is 6.09 Å². The van der Waals surface area contributed by atoms with E-state index in [1.54, 1.807) is 0 Å². The smallest absolute Gasteiger partial charge is 0.407 e. The number of hydrogen-bond donors (Lipinski definition) is 2. The van der Waals surface area contributed by atoms with Gasteiger partial charge in [0, 0.05) is 32.2 Å². The topological polar surface area (TPSA) is 64.0 Å². The fourth-order valence-corrected chi connectivity index (χ4v) is 2.41. The average molecular weight is 264 g/mol. The lowest BCUT2D eigenvalue weighted by Crippen LogP contribution is -2.48. The van der Waals surface area contributed by atoms with Gasteiger partial charge in [0.25, 0.3) is 0 Å². The van der Waals surface area contributed by atoms with E-state index in [0.717, 1.165) is 18.7 Å². The zero-order chi connectivity index (χ0) is 13.8. The zero-order valence-corrected chi connectivity index (χ0v) is 11.1. The second-order valence-corrected chi connectivity index (χ2v) is 4.88. The van der Waals surface area contributed by atoms with E-state index in [1.165, 1.54) is 10.5 Å². The lowest BCUT2D eigenvalue weighted by Gasteiger charge is -2.37. The molecule has 0 spiro atoms. The van der Waals surface area contributed by atoms with Crippen molar-refractivity contribution in [1.82, 2.24) is 9.80 Å². The van der Waals surface area contributed by atoms with Crippen molar-refractivity contribution in [3.63, 3.8) is 0 Å². The molecule has 19 heavy (non-hydrogen) atoms. The van der Waals surface area contributed by atoms with Gasteiger partial charge in [0.15, 0.2) is 0 Å². The molecule has 1 aliphatic heterocycles. The van der Waals surface area contributed by atoms with E-state index in [4.69, 9.17) is 10.2 Å². The van der Waals surface area contributed by atoms with Crippen LogP contribution >= 0.6 is 0 Å². The maximum Gasteiger partial charge on any atom is 0.407 e. The summed E-state index contributed by atoms with van der Waals surface area (Å²) in [4.78, 5) is 14.6. The lowest BCUT2D eigenvalue weighted by molar-refractivity contribution is 0.0889. The van der Waals surface area contributed by atoms with Gasteiger partial charge >= 0.3 is 6.09 Å². The van der Waals surface area contributed by atoms with E-state index in [9.17, 15) is 4.79 Å². The average Bonchev–Trinajstić information content (AvgIpc) is 2.46. The van der Waals surface area contributed by atoms with Gasteiger partial charge in [-0.3, -0.25) is 4.90 Å². The summed E-state index contributed by atoms with van der Waals surface area (Å²) in [5.74, 6) is 0. The van der Waals surface area contributed by atoms with Gasteiger partial charge < -0.3 is 15.1 Å². The minimum Gasteiger partial charge on any atom is -0.465 e. The van der Waals surface area contributed by atoms with E-state index in [0.29, 0.717) is 13.1 Å². The Balaban J connectivity index is 1.96. The number of hydrogen-bond acceptors (Lipinski definition) is 3. The first-order valence-electron chi connectivity index (χ1n) is 6.53. The van der Waals surface area contributed by atoms with E-state index < -0.39 is 6.09 Å². The Morgan fingerprint density at radius 3 is 2.26 bits per heavy atom. The number of carbonyl (C=O) groups is 1. The second kappa shape index (κ2) is 6.04. The normalized spacial score (nSPS) is 18.3. The molecule has 1 amide bonds. The number of amides is 1. The molecule has 1 aromatic rings. The summed E-state index contributed by atoms with van der Waals surface area (Å²) in [5.41, 5.74) is 2.10. The predicted octanol–water partition coefficient (Wildman–Crippen LogP) is 1.54. The fraction of sp³-hybridized carbons (Fsp3) is 0.500. The van der Waals surface area contributed by atoms with Crippen LogP contribution in [0.5, 0.6) is 0 Å². The zero-order valence-electron chi connectivity index (χ0n) is 11.1. The lowest BCUT2D eigenvalue weighted by atomic mass is 10.0. The molecule has 1 fully saturated rings. The van der Waals surface area contributed by atoms with Crippen molar-refractivity contribution in [2.75, 3.05) is 26.2 Å². The highest BCUT2D eigenvalue weighted by Crippen LogP contribution is 2.22. The molecule has 0 aliphatic carbocycles. The Morgan fingerprint density at radius 1 is 1.21 bits per heavy atom. The molecule has 0 bridgehead atoms. The van der Waals surface area contributed by atoms with Crippen molar-refractivity contribution in [2.45, 2.75) is 19.6 Å². The molecule has 1 heterocycles. The Labute approximate surface area is 113 Å². The summed E-state index contributed by atoms with van der Waals surface area (Å²) >= 11 is 0. The first kappa shape index (κ1) is 13.8. The van der Waals surface area contributed by atoms with Crippen LogP contribution in [0.2, 0.25) is 0 Å². The van der Waals surface area contributed by atoms with Gasteiger partial charge in [0.2, 0.25) is 0 Å². The quantitative estimate of drug-likeness (QED) is 0.869. The third-order valence-corrected chi connectivity index (χ3v) is 3.78. The maximum absolute atomic E-state index is 10.9. The van der Waals surface area contributed by atoms with Gasteiger partial charge in [-0.2, -0.15) is 0 Å². The molecular weight excluding hydrogens is 244 g/mol. The van der Waals surface area contributed by atoms with E-state index in [1.807, 2.05) is 24.3 Å². The van der Waals surface area contributed by atoms with Crippen LogP contribution in [0.1, 0.15) is 24.1 Å². The third kappa shape index (κ3) is 3.24. The van der Waals surface area contributed by atoms with Gasteiger partial charge in [0.1, 0.15) is 0 Å². The number of piperazine rings is 1. The van der Waals surface area contributed by atoms with Crippen LogP contribution in [0, 0.1) is 0 Å². The molecule has 5 nitrogen and oxygen atoms in total. The minimum absolute atomic E-state index is 0.0615. The maximum atomic E-state index is 10.9. The van der Waals surface area contributed by atoms with Crippen molar-refractivity contribution < 1.29 is 15.0 Å². The Morgan fingerprint density at radius 2 is 1.79 bits per heavy atom. The van der Waals surface area contributed by atoms with E-state index >= 15 is 0 Å². The van der Waals surface area contributed by atoms with Gasteiger partial charge in [-0.05, 0) is 18.1 Å². The molecule has 2 rings (SSSR count). The van der Waals surface area contributed by atoms with Crippen molar-refractivity contribution in [1.29, 1.82) is 0 Å². The number of rotatable bonds is 3. The second-order valence-electron chi connectivity index (χ2n) is 4.88. The highest BCUT2D eigenvalue weighted by atomic mass is 16.4. The molecule has 104 valence electrons. The molecule has 0 saturated carbocycles. The summed E-state index contributed by atoms with van der Waals surface area (Å²) in [7, 11) is 0. The monoisotopic (exact) mass is 264 g/mol. The van der Waals surface area contributed by atoms with Gasteiger partial charge in [-0.15, -0.1) is 0 Å². The van der Waals surface area contributed by atoms with Crippen molar-refractivity contribution in [3.05, 3.63) is 35.4 Å². The largest absolute Gasteiger partial charge is 0.465 e. The van der Waals surface area contributed by atoms with E-state index in [2.05, 4.69) is 11.8 Å². The molecule has 1 aromatic carbocycles. The minimum atomic E-state index is -0.834. The third-order valence-electron chi connectivity index (χ3n) is 3.78. The Kier molecular flexibility index (Phi) is 4.39. The summed E-state index contributed by atoms with van der Waals surface area (Å²) in [6, 6.07) is 8.18.